The van der Waals surface area contributed by atoms with Crippen molar-refractivity contribution in [3.63, 3.8) is 0 Å². The Labute approximate surface area is 110 Å². The molecule has 2 aromatic rings. The quantitative estimate of drug-likeness (QED) is 0.889. The zero-order valence-electron chi connectivity index (χ0n) is 9.00. The second kappa shape index (κ2) is 5.12. The fourth-order valence-electron chi connectivity index (χ4n) is 1.59. The highest BCUT2D eigenvalue weighted by Gasteiger charge is 2.16. The van der Waals surface area contributed by atoms with Gasteiger partial charge in [-0.25, -0.2) is 13.2 Å². The van der Waals surface area contributed by atoms with Crippen molar-refractivity contribution < 1.29 is 18.3 Å². The Kier molecular flexibility index (Phi) is 3.73. The van der Waals surface area contributed by atoms with Crippen molar-refractivity contribution in [1.29, 1.82) is 0 Å². The van der Waals surface area contributed by atoms with Crippen molar-refractivity contribution in [3.05, 3.63) is 69.4 Å². The van der Waals surface area contributed by atoms with Crippen LogP contribution >= 0.6 is 15.9 Å². The van der Waals surface area contributed by atoms with Gasteiger partial charge in [0, 0.05) is 4.47 Å². The average molecular weight is 317 g/mol. The third-order valence-electron chi connectivity index (χ3n) is 2.52. The predicted octanol–water partition coefficient (Wildman–Crippen LogP) is 3.95. The molecule has 2 rings (SSSR count). The summed E-state index contributed by atoms with van der Waals surface area (Å²) >= 11 is 3.11. The molecular formula is C13H8BrF3O. The van der Waals surface area contributed by atoms with Crippen LogP contribution in [-0.4, -0.2) is 5.11 Å². The molecule has 0 bridgehead atoms. The van der Waals surface area contributed by atoms with E-state index >= 15 is 0 Å². The summed E-state index contributed by atoms with van der Waals surface area (Å²) in [7, 11) is 0. The summed E-state index contributed by atoms with van der Waals surface area (Å²) in [6.07, 6.45) is -1.16. The van der Waals surface area contributed by atoms with E-state index in [4.69, 9.17) is 0 Å². The first-order valence-electron chi connectivity index (χ1n) is 5.07. The van der Waals surface area contributed by atoms with Crippen molar-refractivity contribution in [3.8, 4) is 0 Å². The van der Waals surface area contributed by atoms with Crippen LogP contribution in [0.5, 0.6) is 0 Å². The van der Waals surface area contributed by atoms with Crippen LogP contribution in [0.25, 0.3) is 0 Å². The average Bonchev–Trinajstić information content (AvgIpc) is 2.32. The van der Waals surface area contributed by atoms with Crippen LogP contribution in [-0.2, 0) is 0 Å². The largest absolute Gasteiger partial charge is 0.384 e. The molecule has 0 amide bonds. The SMILES string of the molecule is OC(c1ccc(F)c(F)c1)c1ccc(F)cc1Br. The monoisotopic (exact) mass is 316 g/mol. The molecule has 1 N–H and O–H groups in total. The van der Waals surface area contributed by atoms with E-state index in [9.17, 15) is 18.3 Å². The molecule has 0 saturated carbocycles. The van der Waals surface area contributed by atoms with Crippen molar-refractivity contribution in [1.82, 2.24) is 0 Å². The van der Waals surface area contributed by atoms with Gasteiger partial charge in [0.15, 0.2) is 11.6 Å². The smallest absolute Gasteiger partial charge is 0.159 e. The molecule has 1 nitrogen and oxygen atoms in total. The van der Waals surface area contributed by atoms with Gasteiger partial charge in [-0.15, -0.1) is 0 Å². The summed E-state index contributed by atoms with van der Waals surface area (Å²) < 4.78 is 39.1. The van der Waals surface area contributed by atoms with Crippen molar-refractivity contribution >= 4 is 15.9 Å². The minimum absolute atomic E-state index is 0.196. The lowest BCUT2D eigenvalue weighted by atomic mass is 10.0. The highest BCUT2D eigenvalue weighted by atomic mass is 79.9. The summed E-state index contributed by atoms with van der Waals surface area (Å²) in [4.78, 5) is 0. The summed E-state index contributed by atoms with van der Waals surface area (Å²) in [5, 5.41) is 10.0. The Hall–Kier alpha value is -1.33. The Morgan fingerprint density at radius 3 is 2.28 bits per heavy atom. The number of halogens is 4. The minimum atomic E-state index is -1.16. The van der Waals surface area contributed by atoms with Gasteiger partial charge in [-0.05, 0) is 35.4 Å². The first-order chi connectivity index (χ1) is 8.49. The molecule has 18 heavy (non-hydrogen) atoms. The topological polar surface area (TPSA) is 20.2 Å². The Balaban J connectivity index is 2.41. The second-order valence-corrected chi connectivity index (χ2v) is 4.60. The first kappa shape index (κ1) is 13.1. The molecule has 1 atom stereocenters. The standard InChI is InChI=1S/C13H8BrF3O/c14-10-6-8(15)2-3-9(10)13(18)7-1-4-11(16)12(17)5-7/h1-6,13,18H. The van der Waals surface area contributed by atoms with Gasteiger partial charge in [-0.1, -0.05) is 28.1 Å². The third-order valence-corrected chi connectivity index (χ3v) is 3.20. The molecule has 5 heteroatoms. The van der Waals surface area contributed by atoms with E-state index in [1.807, 2.05) is 0 Å². The lowest BCUT2D eigenvalue weighted by Gasteiger charge is -2.13. The molecule has 0 fully saturated rings. The number of hydrogen-bond acceptors (Lipinski definition) is 1. The van der Waals surface area contributed by atoms with Crippen molar-refractivity contribution in [2.24, 2.45) is 0 Å². The van der Waals surface area contributed by atoms with E-state index in [1.54, 1.807) is 0 Å². The lowest BCUT2D eigenvalue weighted by molar-refractivity contribution is 0.218. The van der Waals surface area contributed by atoms with Gasteiger partial charge in [-0.3, -0.25) is 0 Å². The maximum atomic E-state index is 13.1. The molecule has 94 valence electrons. The molecule has 0 spiro atoms. The molecule has 2 aromatic carbocycles. The lowest BCUT2D eigenvalue weighted by Crippen LogP contribution is -2.02. The highest BCUT2D eigenvalue weighted by molar-refractivity contribution is 9.10. The Bertz CT molecular complexity index is 586. The van der Waals surface area contributed by atoms with Crippen LogP contribution < -0.4 is 0 Å². The maximum absolute atomic E-state index is 13.1. The van der Waals surface area contributed by atoms with E-state index in [2.05, 4.69) is 15.9 Å². The van der Waals surface area contributed by atoms with Gasteiger partial charge in [0.2, 0.25) is 0 Å². The molecule has 0 aliphatic rings. The first-order valence-corrected chi connectivity index (χ1v) is 5.86. The van der Waals surface area contributed by atoms with Gasteiger partial charge in [0.05, 0.1) is 0 Å². The molecule has 1 unspecified atom stereocenters. The molecule has 0 saturated heterocycles. The number of rotatable bonds is 2. The normalized spacial score (nSPS) is 12.5. The van der Waals surface area contributed by atoms with E-state index in [0.29, 0.717) is 10.0 Å². The van der Waals surface area contributed by atoms with Gasteiger partial charge < -0.3 is 5.11 Å². The zero-order valence-corrected chi connectivity index (χ0v) is 10.6. The Morgan fingerprint density at radius 1 is 0.944 bits per heavy atom. The second-order valence-electron chi connectivity index (χ2n) is 3.74. The van der Waals surface area contributed by atoms with Gasteiger partial charge >= 0.3 is 0 Å². The summed E-state index contributed by atoms with van der Waals surface area (Å²) in [6.45, 7) is 0. The van der Waals surface area contributed by atoms with Crippen molar-refractivity contribution in [2.45, 2.75) is 6.10 Å². The van der Waals surface area contributed by atoms with Gasteiger partial charge in [0.1, 0.15) is 11.9 Å². The fourth-order valence-corrected chi connectivity index (χ4v) is 2.15. The highest BCUT2D eigenvalue weighted by Crippen LogP contribution is 2.29. The van der Waals surface area contributed by atoms with Crippen LogP contribution in [0, 0.1) is 17.5 Å². The van der Waals surface area contributed by atoms with Crippen LogP contribution in [0.4, 0.5) is 13.2 Å². The molecule has 0 radical (unpaired) electrons. The van der Waals surface area contributed by atoms with Crippen LogP contribution in [0.2, 0.25) is 0 Å². The Morgan fingerprint density at radius 2 is 1.67 bits per heavy atom. The summed E-state index contributed by atoms with van der Waals surface area (Å²) in [6, 6.07) is 6.88. The molecule has 0 aliphatic carbocycles. The summed E-state index contributed by atoms with van der Waals surface area (Å²) in [5.41, 5.74) is 0.573. The number of aliphatic hydroxyl groups excluding tert-OH is 1. The van der Waals surface area contributed by atoms with Crippen molar-refractivity contribution in [2.75, 3.05) is 0 Å². The zero-order chi connectivity index (χ0) is 13.3. The summed E-state index contributed by atoms with van der Waals surface area (Å²) in [5.74, 6) is -2.47. The number of benzene rings is 2. The minimum Gasteiger partial charge on any atom is -0.384 e. The molecule has 0 aliphatic heterocycles. The van der Waals surface area contributed by atoms with E-state index in [-0.39, 0.29) is 5.56 Å². The molecular weight excluding hydrogens is 309 g/mol. The van der Waals surface area contributed by atoms with Crippen LogP contribution in [0.15, 0.2) is 40.9 Å². The van der Waals surface area contributed by atoms with Gasteiger partial charge in [0.25, 0.3) is 0 Å². The van der Waals surface area contributed by atoms with Crippen LogP contribution in [0.1, 0.15) is 17.2 Å². The van der Waals surface area contributed by atoms with Crippen LogP contribution in [0.3, 0.4) is 0 Å². The maximum Gasteiger partial charge on any atom is 0.159 e. The number of aliphatic hydroxyl groups is 1. The molecule has 0 heterocycles. The molecule has 0 aromatic heterocycles. The predicted molar refractivity (Wildman–Crippen MR) is 64.5 cm³/mol. The van der Waals surface area contributed by atoms with Gasteiger partial charge in [-0.2, -0.15) is 0 Å². The third kappa shape index (κ3) is 2.57. The number of hydrogen-bond donors (Lipinski definition) is 1. The van der Waals surface area contributed by atoms with E-state index in [1.165, 1.54) is 24.3 Å². The van der Waals surface area contributed by atoms with E-state index < -0.39 is 23.6 Å². The van der Waals surface area contributed by atoms with E-state index in [0.717, 1.165) is 12.1 Å². The fraction of sp³-hybridized carbons (Fsp3) is 0.0769.